The average molecular weight is 226 g/mol. The van der Waals surface area contributed by atoms with Gasteiger partial charge in [0.25, 0.3) is 0 Å². The predicted molar refractivity (Wildman–Crippen MR) is 66.7 cm³/mol. The zero-order valence-electron chi connectivity index (χ0n) is 10.8. The minimum Gasteiger partial charge on any atom is -0.380 e. The maximum atomic E-state index is 5.59. The van der Waals surface area contributed by atoms with Crippen molar-refractivity contribution < 1.29 is 4.74 Å². The van der Waals surface area contributed by atoms with E-state index in [1.54, 1.807) is 0 Å². The molecule has 0 aromatic carbocycles. The second-order valence-corrected chi connectivity index (χ2v) is 5.85. The fraction of sp³-hybridized carbons (Fsp3) is 1.00. The number of hydrogen-bond donors (Lipinski definition) is 2. The third-order valence-corrected chi connectivity index (χ3v) is 4.41. The van der Waals surface area contributed by atoms with E-state index in [-0.39, 0.29) is 5.54 Å². The molecule has 0 amide bonds. The molecule has 2 saturated heterocycles. The first kappa shape index (κ1) is 12.3. The van der Waals surface area contributed by atoms with Gasteiger partial charge >= 0.3 is 0 Å². The van der Waals surface area contributed by atoms with Crippen molar-refractivity contribution in [2.24, 2.45) is 5.41 Å². The summed E-state index contributed by atoms with van der Waals surface area (Å²) in [7, 11) is 0. The van der Waals surface area contributed by atoms with Gasteiger partial charge in [-0.3, -0.25) is 0 Å². The van der Waals surface area contributed by atoms with E-state index >= 15 is 0 Å². The van der Waals surface area contributed by atoms with Gasteiger partial charge in [0.1, 0.15) is 0 Å². The molecule has 0 saturated carbocycles. The van der Waals surface area contributed by atoms with Crippen molar-refractivity contribution >= 4 is 0 Å². The average Bonchev–Trinajstić information content (AvgIpc) is 2.77. The summed E-state index contributed by atoms with van der Waals surface area (Å²) in [5, 5.41) is 7.26. The highest BCUT2D eigenvalue weighted by molar-refractivity contribution is 4.93. The third kappa shape index (κ3) is 2.76. The van der Waals surface area contributed by atoms with E-state index in [4.69, 9.17) is 4.74 Å². The van der Waals surface area contributed by atoms with Crippen LogP contribution in [0.25, 0.3) is 0 Å². The van der Waals surface area contributed by atoms with Crippen LogP contribution < -0.4 is 10.6 Å². The number of nitrogens with one attached hydrogen (secondary N) is 2. The molecule has 0 aromatic heterocycles. The summed E-state index contributed by atoms with van der Waals surface area (Å²) in [4.78, 5) is 0. The molecule has 0 radical (unpaired) electrons. The number of rotatable bonds is 4. The largest absolute Gasteiger partial charge is 0.380 e. The lowest BCUT2D eigenvalue weighted by Crippen LogP contribution is -2.52. The van der Waals surface area contributed by atoms with Crippen LogP contribution in [-0.4, -0.2) is 38.4 Å². The Bertz CT molecular complexity index is 218. The molecule has 94 valence electrons. The molecule has 2 heterocycles. The van der Waals surface area contributed by atoms with E-state index in [1.165, 1.54) is 38.8 Å². The monoisotopic (exact) mass is 226 g/mol. The molecule has 0 aliphatic carbocycles. The second-order valence-electron chi connectivity index (χ2n) is 5.85. The van der Waals surface area contributed by atoms with Crippen molar-refractivity contribution in [1.82, 2.24) is 10.6 Å². The highest BCUT2D eigenvalue weighted by Gasteiger charge is 2.35. The van der Waals surface area contributed by atoms with Crippen LogP contribution in [0.15, 0.2) is 0 Å². The molecule has 0 bridgehead atoms. The van der Waals surface area contributed by atoms with E-state index in [9.17, 15) is 0 Å². The Balaban J connectivity index is 1.85. The standard InChI is InChI=1S/C13H26N2O/c1-3-13(6-7-14-9-13)10-15-12(2)5-4-8-16-11-12/h14-15H,3-11H2,1-2H3. The molecule has 2 N–H and O–H groups in total. The first-order valence-corrected chi connectivity index (χ1v) is 6.72. The van der Waals surface area contributed by atoms with Crippen LogP contribution in [-0.2, 0) is 4.74 Å². The van der Waals surface area contributed by atoms with Crippen LogP contribution in [0.4, 0.5) is 0 Å². The van der Waals surface area contributed by atoms with Crippen molar-refractivity contribution in [3.8, 4) is 0 Å². The number of ether oxygens (including phenoxy) is 1. The van der Waals surface area contributed by atoms with Crippen LogP contribution in [0.3, 0.4) is 0 Å². The molecular formula is C13H26N2O. The van der Waals surface area contributed by atoms with Gasteiger partial charge in [-0.05, 0) is 44.6 Å². The summed E-state index contributed by atoms with van der Waals surface area (Å²) in [6.07, 6.45) is 5.03. The van der Waals surface area contributed by atoms with Crippen LogP contribution in [0.1, 0.15) is 39.5 Å². The molecule has 2 atom stereocenters. The van der Waals surface area contributed by atoms with Crippen LogP contribution in [0.5, 0.6) is 0 Å². The summed E-state index contributed by atoms with van der Waals surface area (Å²) >= 11 is 0. The lowest BCUT2D eigenvalue weighted by Gasteiger charge is -2.38. The molecule has 2 aliphatic heterocycles. The molecule has 0 spiro atoms. The van der Waals surface area contributed by atoms with E-state index in [2.05, 4.69) is 24.5 Å². The minimum absolute atomic E-state index is 0.211. The molecular weight excluding hydrogens is 200 g/mol. The van der Waals surface area contributed by atoms with Crippen molar-refractivity contribution in [3.05, 3.63) is 0 Å². The first-order valence-electron chi connectivity index (χ1n) is 6.72. The summed E-state index contributed by atoms with van der Waals surface area (Å²) in [6.45, 7) is 9.93. The van der Waals surface area contributed by atoms with E-state index in [0.717, 1.165) is 19.8 Å². The van der Waals surface area contributed by atoms with Crippen molar-refractivity contribution in [2.45, 2.75) is 45.1 Å². The molecule has 0 aromatic rings. The van der Waals surface area contributed by atoms with Gasteiger partial charge in [0.05, 0.1) is 6.61 Å². The van der Waals surface area contributed by atoms with Gasteiger partial charge in [0, 0.05) is 25.2 Å². The zero-order valence-corrected chi connectivity index (χ0v) is 10.8. The molecule has 2 rings (SSSR count). The van der Waals surface area contributed by atoms with Crippen molar-refractivity contribution in [1.29, 1.82) is 0 Å². The Labute approximate surface area is 99.3 Å². The summed E-state index contributed by atoms with van der Waals surface area (Å²) < 4.78 is 5.59. The summed E-state index contributed by atoms with van der Waals surface area (Å²) in [5.74, 6) is 0. The Morgan fingerprint density at radius 3 is 2.81 bits per heavy atom. The normalized spacial score (nSPS) is 40.1. The SMILES string of the molecule is CCC1(CNC2(C)CCCOC2)CCNC1. The van der Waals surface area contributed by atoms with E-state index < -0.39 is 0 Å². The quantitative estimate of drug-likeness (QED) is 0.763. The van der Waals surface area contributed by atoms with Gasteiger partial charge in [-0.15, -0.1) is 0 Å². The Morgan fingerprint density at radius 2 is 2.25 bits per heavy atom. The fourth-order valence-electron chi connectivity index (χ4n) is 2.85. The Hall–Kier alpha value is -0.120. The second kappa shape index (κ2) is 5.03. The first-order chi connectivity index (χ1) is 7.68. The Kier molecular flexibility index (Phi) is 3.88. The molecule has 3 heteroatoms. The van der Waals surface area contributed by atoms with Crippen LogP contribution in [0, 0.1) is 5.41 Å². The fourth-order valence-corrected chi connectivity index (χ4v) is 2.85. The van der Waals surface area contributed by atoms with Gasteiger partial charge in [0.15, 0.2) is 0 Å². The highest BCUT2D eigenvalue weighted by atomic mass is 16.5. The number of hydrogen-bond acceptors (Lipinski definition) is 3. The van der Waals surface area contributed by atoms with Gasteiger partial charge in [-0.2, -0.15) is 0 Å². The maximum Gasteiger partial charge on any atom is 0.0645 e. The molecule has 16 heavy (non-hydrogen) atoms. The summed E-state index contributed by atoms with van der Waals surface area (Å²) in [6, 6.07) is 0. The van der Waals surface area contributed by atoms with Gasteiger partial charge in [-0.25, -0.2) is 0 Å². The van der Waals surface area contributed by atoms with Crippen LogP contribution >= 0.6 is 0 Å². The topological polar surface area (TPSA) is 33.3 Å². The lowest BCUT2D eigenvalue weighted by atomic mass is 9.82. The predicted octanol–water partition coefficient (Wildman–Crippen LogP) is 1.53. The molecule has 3 nitrogen and oxygen atoms in total. The lowest BCUT2D eigenvalue weighted by molar-refractivity contribution is 0.0233. The van der Waals surface area contributed by atoms with Gasteiger partial charge in [0.2, 0.25) is 0 Å². The van der Waals surface area contributed by atoms with E-state index in [1.807, 2.05) is 0 Å². The van der Waals surface area contributed by atoms with Gasteiger partial charge < -0.3 is 15.4 Å². The maximum absolute atomic E-state index is 5.59. The van der Waals surface area contributed by atoms with Crippen LogP contribution in [0.2, 0.25) is 0 Å². The minimum atomic E-state index is 0.211. The molecule has 2 fully saturated rings. The molecule has 2 unspecified atom stereocenters. The van der Waals surface area contributed by atoms with Gasteiger partial charge in [-0.1, -0.05) is 6.92 Å². The van der Waals surface area contributed by atoms with Crippen molar-refractivity contribution in [3.63, 3.8) is 0 Å². The van der Waals surface area contributed by atoms with E-state index in [0.29, 0.717) is 5.41 Å². The smallest absolute Gasteiger partial charge is 0.0645 e. The highest BCUT2D eigenvalue weighted by Crippen LogP contribution is 2.30. The zero-order chi connectivity index (χ0) is 11.5. The van der Waals surface area contributed by atoms with Crippen molar-refractivity contribution in [2.75, 3.05) is 32.8 Å². The molecule has 2 aliphatic rings. The third-order valence-electron chi connectivity index (χ3n) is 4.41. The summed E-state index contributed by atoms with van der Waals surface area (Å²) in [5.41, 5.74) is 0.698. The Morgan fingerprint density at radius 1 is 1.38 bits per heavy atom.